The minimum atomic E-state index is -3.87. The molecular weight excluding hydrogens is 260 g/mol. The van der Waals surface area contributed by atoms with E-state index in [1.807, 2.05) is 0 Å². The molecule has 0 unspecified atom stereocenters. The van der Waals surface area contributed by atoms with Crippen LogP contribution in [0.5, 0.6) is 0 Å². The second kappa shape index (κ2) is 4.38. The molecule has 0 amide bonds. The molecule has 1 saturated heterocycles. The van der Waals surface area contributed by atoms with Crippen molar-refractivity contribution in [3.63, 3.8) is 0 Å². The van der Waals surface area contributed by atoms with Gasteiger partial charge in [-0.05, 0) is 6.07 Å². The Balaban J connectivity index is 2.38. The van der Waals surface area contributed by atoms with Crippen LogP contribution in [0.3, 0.4) is 0 Å². The summed E-state index contributed by atoms with van der Waals surface area (Å²) in [7, 11) is -2.20. The molecule has 2 atom stereocenters. The molecule has 0 radical (unpaired) electrons. The Hall–Kier alpha value is -1.38. The fraction of sp³-hybridized carbons (Fsp3) is 0.500. The first-order valence-corrected chi connectivity index (χ1v) is 6.81. The molecule has 1 fully saturated rings. The van der Waals surface area contributed by atoms with Gasteiger partial charge >= 0.3 is 5.97 Å². The van der Waals surface area contributed by atoms with Crippen LogP contribution >= 0.6 is 0 Å². The van der Waals surface area contributed by atoms with E-state index in [0.29, 0.717) is 0 Å². The average Bonchev–Trinajstić information content (AvgIpc) is 2.84. The maximum atomic E-state index is 12.2. The first-order valence-electron chi connectivity index (χ1n) is 5.37. The molecule has 1 aliphatic rings. The summed E-state index contributed by atoms with van der Waals surface area (Å²) in [5, 5.41) is 18.5. The maximum absolute atomic E-state index is 12.2. The van der Waals surface area contributed by atoms with Crippen molar-refractivity contribution in [2.24, 2.45) is 7.05 Å². The predicted molar refractivity (Wildman–Crippen MR) is 61.4 cm³/mol. The van der Waals surface area contributed by atoms with Crippen LogP contribution in [0.4, 0.5) is 0 Å². The van der Waals surface area contributed by atoms with E-state index in [4.69, 9.17) is 5.11 Å². The van der Waals surface area contributed by atoms with Crippen LogP contribution in [0.1, 0.15) is 6.42 Å². The van der Waals surface area contributed by atoms with Crippen LogP contribution in [-0.2, 0) is 21.9 Å². The Morgan fingerprint density at radius 2 is 2.17 bits per heavy atom. The lowest BCUT2D eigenvalue weighted by atomic mass is 10.2. The molecule has 0 aromatic carbocycles. The summed E-state index contributed by atoms with van der Waals surface area (Å²) in [6.07, 6.45) is 1.94. The molecule has 7 nitrogen and oxygen atoms in total. The molecule has 1 aromatic heterocycles. The van der Waals surface area contributed by atoms with E-state index < -0.39 is 28.1 Å². The molecule has 18 heavy (non-hydrogen) atoms. The number of hydrogen-bond donors (Lipinski definition) is 2. The molecule has 0 spiro atoms. The fourth-order valence-corrected chi connectivity index (χ4v) is 3.72. The molecule has 2 heterocycles. The molecule has 8 heteroatoms. The minimum absolute atomic E-state index is 0.0327. The molecule has 0 saturated carbocycles. The molecule has 1 aliphatic heterocycles. The quantitative estimate of drug-likeness (QED) is 0.754. The standard InChI is InChI=1S/C10H14N2O5S/c1-11-3-2-8(6-11)18(16,17)12-5-7(13)4-9(12)10(14)15/h2-3,6-7,9,13H,4-5H2,1H3,(H,14,15)/t7-,9-/m1/s1. The van der Waals surface area contributed by atoms with Crippen molar-refractivity contribution in [3.8, 4) is 0 Å². The topological polar surface area (TPSA) is 99.8 Å². The number of carboxylic acids is 1. The summed E-state index contributed by atoms with van der Waals surface area (Å²) >= 11 is 0. The van der Waals surface area contributed by atoms with Gasteiger partial charge in [0.05, 0.1) is 11.0 Å². The van der Waals surface area contributed by atoms with Crippen molar-refractivity contribution < 1.29 is 23.4 Å². The lowest BCUT2D eigenvalue weighted by molar-refractivity contribution is -0.140. The van der Waals surface area contributed by atoms with Crippen LogP contribution < -0.4 is 0 Å². The number of carbonyl (C=O) groups is 1. The van der Waals surface area contributed by atoms with E-state index in [2.05, 4.69) is 0 Å². The third-order valence-electron chi connectivity index (χ3n) is 2.93. The van der Waals surface area contributed by atoms with Gasteiger partial charge in [-0.25, -0.2) is 8.42 Å². The van der Waals surface area contributed by atoms with Crippen LogP contribution in [0, 0.1) is 0 Å². The van der Waals surface area contributed by atoms with Crippen LogP contribution in [0.2, 0.25) is 0 Å². The van der Waals surface area contributed by atoms with Crippen molar-refractivity contribution in [3.05, 3.63) is 18.5 Å². The SMILES string of the molecule is Cn1ccc(S(=O)(=O)N2C[C@H](O)C[C@@H]2C(=O)O)c1. The number of rotatable bonds is 3. The molecular formula is C10H14N2O5S. The average molecular weight is 274 g/mol. The summed E-state index contributed by atoms with van der Waals surface area (Å²) in [6, 6.07) is 0.198. The van der Waals surface area contributed by atoms with Gasteiger partial charge in [0.25, 0.3) is 0 Å². The Labute approximate surface area is 104 Å². The molecule has 100 valence electrons. The van der Waals surface area contributed by atoms with Crippen molar-refractivity contribution >= 4 is 16.0 Å². The highest BCUT2D eigenvalue weighted by Gasteiger charge is 2.43. The second-order valence-corrected chi connectivity index (χ2v) is 6.22. The number of carboxylic acid groups (broad SMARTS) is 1. The van der Waals surface area contributed by atoms with E-state index in [-0.39, 0.29) is 17.9 Å². The number of nitrogens with zero attached hydrogens (tertiary/aromatic N) is 2. The number of sulfonamides is 1. The van der Waals surface area contributed by atoms with Gasteiger partial charge in [0, 0.05) is 32.4 Å². The summed E-state index contributed by atoms with van der Waals surface area (Å²) < 4.78 is 26.9. The maximum Gasteiger partial charge on any atom is 0.322 e. The van der Waals surface area contributed by atoms with Crippen molar-refractivity contribution in [2.45, 2.75) is 23.5 Å². The lowest BCUT2D eigenvalue weighted by Crippen LogP contribution is -2.40. The zero-order valence-electron chi connectivity index (χ0n) is 9.72. The Kier molecular flexibility index (Phi) is 3.18. The Morgan fingerprint density at radius 1 is 1.50 bits per heavy atom. The Morgan fingerprint density at radius 3 is 2.67 bits per heavy atom. The largest absolute Gasteiger partial charge is 0.480 e. The number of aliphatic hydroxyl groups is 1. The Bertz CT molecular complexity index is 565. The zero-order chi connectivity index (χ0) is 13.5. The molecule has 2 rings (SSSR count). The normalized spacial score (nSPS) is 25.4. The highest BCUT2D eigenvalue weighted by molar-refractivity contribution is 7.89. The number of aromatic nitrogens is 1. The van der Waals surface area contributed by atoms with E-state index in [0.717, 1.165) is 4.31 Å². The van der Waals surface area contributed by atoms with E-state index in [1.165, 1.54) is 12.3 Å². The van der Waals surface area contributed by atoms with E-state index in [9.17, 15) is 18.3 Å². The summed E-state index contributed by atoms with van der Waals surface area (Å²) in [6.45, 7) is -0.186. The van der Waals surface area contributed by atoms with Crippen molar-refractivity contribution in [2.75, 3.05) is 6.54 Å². The molecule has 0 aliphatic carbocycles. The molecule has 0 bridgehead atoms. The second-order valence-electron chi connectivity index (χ2n) is 4.33. The highest BCUT2D eigenvalue weighted by atomic mass is 32.2. The minimum Gasteiger partial charge on any atom is -0.480 e. The van der Waals surface area contributed by atoms with Gasteiger partial charge in [-0.2, -0.15) is 4.31 Å². The highest BCUT2D eigenvalue weighted by Crippen LogP contribution is 2.26. The summed E-state index contributed by atoms with van der Waals surface area (Å²) in [5.74, 6) is -1.24. The number of aliphatic carboxylic acids is 1. The van der Waals surface area contributed by atoms with Crippen LogP contribution in [-0.4, -0.2) is 52.2 Å². The van der Waals surface area contributed by atoms with Gasteiger partial charge in [-0.1, -0.05) is 0 Å². The number of hydrogen-bond acceptors (Lipinski definition) is 4. The fourth-order valence-electron chi connectivity index (χ4n) is 2.04. The van der Waals surface area contributed by atoms with Crippen LogP contribution in [0.25, 0.3) is 0 Å². The summed E-state index contributed by atoms with van der Waals surface area (Å²) in [4.78, 5) is 11.1. The van der Waals surface area contributed by atoms with Crippen molar-refractivity contribution in [1.82, 2.24) is 8.87 Å². The lowest BCUT2D eigenvalue weighted by Gasteiger charge is -2.19. The molecule has 1 aromatic rings. The monoisotopic (exact) mass is 274 g/mol. The van der Waals surface area contributed by atoms with Gasteiger partial charge in [0.15, 0.2) is 0 Å². The predicted octanol–water partition coefficient (Wildman–Crippen LogP) is -0.766. The van der Waals surface area contributed by atoms with Gasteiger partial charge in [-0.3, -0.25) is 4.79 Å². The molecule has 2 N–H and O–H groups in total. The van der Waals surface area contributed by atoms with E-state index in [1.54, 1.807) is 17.8 Å². The summed E-state index contributed by atoms with van der Waals surface area (Å²) in [5.41, 5.74) is 0. The van der Waals surface area contributed by atoms with Gasteiger partial charge in [0.1, 0.15) is 6.04 Å². The number of β-amino-alcohol motifs (C(OH)–C–C–N with tert-alkyl or cyclic N) is 1. The first-order chi connectivity index (χ1) is 8.32. The van der Waals surface area contributed by atoms with Gasteiger partial charge in [0.2, 0.25) is 10.0 Å². The third-order valence-corrected chi connectivity index (χ3v) is 4.79. The zero-order valence-corrected chi connectivity index (χ0v) is 10.5. The number of aryl methyl sites for hydroxylation is 1. The number of aliphatic hydroxyl groups excluding tert-OH is 1. The van der Waals surface area contributed by atoms with Crippen molar-refractivity contribution in [1.29, 1.82) is 0 Å². The van der Waals surface area contributed by atoms with Crippen LogP contribution in [0.15, 0.2) is 23.4 Å². The van der Waals surface area contributed by atoms with E-state index >= 15 is 0 Å². The van der Waals surface area contributed by atoms with Gasteiger partial charge < -0.3 is 14.8 Å². The smallest absolute Gasteiger partial charge is 0.322 e. The first kappa shape index (κ1) is 13.1. The third kappa shape index (κ3) is 2.14. The van der Waals surface area contributed by atoms with Gasteiger partial charge in [-0.15, -0.1) is 0 Å².